The Morgan fingerprint density at radius 3 is 2.12 bits per heavy atom. The molecule has 5 nitrogen and oxygen atoms in total. The molecule has 1 aliphatic carbocycles. The van der Waals surface area contributed by atoms with Gasteiger partial charge in [-0.1, -0.05) is 48.5 Å². The molecule has 2 aromatic carbocycles. The Balaban J connectivity index is 1.67. The normalized spacial score (nSPS) is 13.9. The van der Waals surface area contributed by atoms with E-state index < -0.39 is 18.0 Å². The number of fused-ring (bicyclic) bond motifs is 3. The van der Waals surface area contributed by atoms with Gasteiger partial charge in [-0.15, -0.1) is 0 Å². The van der Waals surface area contributed by atoms with Gasteiger partial charge in [0.05, 0.1) is 0 Å². The maximum absolute atomic E-state index is 11.9. The van der Waals surface area contributed by atoms with E-state index in [-0.39, 0.29) is 25.4 Å². The standard InChI is InChI=1S/C19H19NO4/c20-17(19(22)23)9-10-18(21)24-11-16-14-7-3-1-5-12(14)13-6-2-4-8-15(13)16/h1-8,16-17H,9-11,20H2,(H,22,23)/t17-/m0/s1. The number of esters is 1. The third kappa shape index (κ3) is 3.16. The number of aliphatic carboxylic acids is 1. The highest BCUT2D eigenvalue weighted by molar-refractivity contribution is 5.79. The molecule has 0 unspecified atom stereocenters. The Labute approximate surface area is 140 Å². The maximum Gasteiger partial charge on any atom is 0.320 e. The van der Waals surface area contributed by atoms with Crippen LogP contribution >= 0.6 is 0 Å². The summed E-state index contributed by atoms with van der Waals surface area (Å²) in [6.45, 7) is 0.245. The van der Waals surface area contributed by atoms with Crippen molar-refractivity contribution in [1.82, 2.24) is 0 Å². The Kier molecular flexibility index (Phi) is 4.62. The predicted molar refractivity (Wildman–Crippen MR) is 89.5 cm³/mol. The van der Waals surface area contributed by atoms with Gasteiger partial charge in [-0.2, -0.15) is 0 Å². The van der Waals surface area contributed by atoms with Crippen molar-refractivity contribution in [3.8, 4) is 11.1 Å². The zero-order chi connectivity index (χ0) is 17.1. The van der Waals surface area contributed by atoms with E-state index in [4.69, 9.17) is 15.6 Å². The monoisotopic (exact) mass is 325 g/mol. The fraction of sp³-hybridized carbons (Fsp3) is 0.263. The summed E-state index contributed by atoms with van der Waals surface area (Å²) in [5, 5.41) is 8.74. The van der Waals surface area contributed by atoms with Crippen molar-refractivity contribution in [2.24, 2.45) is 5.73 Å². The highest BCUT2D eigenvalue weighted by atomic mass is 16.5. The van der Waals surface area contributed by atoms with E-state index in [1.165, 1.54) is 11.1 Å². The molecule has 0 amide bonds. The number of benzene rings is 2. The minimum absolute atomic E-state index is 0.00345. The van der Waals surface area contributed by atoms with Gasteiger partial charge in [-0.05, 0) is 28.7 Å². The van der Waals surface area contributed by atoms with Crippen LogP contribution in [0.3, 0.4) is 0 Å². The first-order valence-corrected chi connectivity index (χ1v) is 7.90. The van der Waals surface area contributed by atoms with Crippen LogP contribution in [0.4, 0.5) is 0 Å². The van der Waals surface area contributed by atoms with E-state index in [0.717, 1.165) is 11.1 Å². The van der Waals surface area contributed by atoms with Crippen LogP contribution in [0, 0.1) is 0 Å². The minimum Gasteiger partial charge on any atom is -0.480 e. The first kappa shape index (κ1) is 16.2. The van der Waals surface area contributed by atoms with Gasteiger partial charge in [-0.25, -0.2) is 0 Å². The van der Waals surface area contributed by atoms with Crippen LogP contribution in [-0.2, 0) is 14.3 Å². The maximum atomic E-state index is 11.9. The van der Waals surface area contributed by atoms with Gasteiger partial charge in [-0.3, -0.25) is 9.59 Å². The summed E-state index contributed by atoms with van der Waals surface area (Å²) in [5.74, 6) is -1.52. The van der Waals surface area contributed by atoms with E-state index in [0.29, 0.717) is 0 Å². The largest absolute Gasteiger partial charge is 0.480 e. The van der Waals surface area contributed by atoms with Gasteiger partial charge in [0.25, 0.3) is 0 Å². The lowest BCUT2D eigenvalue weighted by Gasteiger charge is -2.14. The molecule has 0 aliphatic heterocycles. The molecule has 2 aromatic rings. The van der Waals surface area contributed by atoms with Gasteiger partial charge >= 0.3 is 11.9 Å². The molecule has 24 heavy (non-hydrogen) atoms. The number of ether oxygens (including phenoxy) is 1. The molecular formula is C19H19NO4. The number of nitrogens with two attached hydrogens (primary N) is 1. The quantitative estimate of drug-likeness (QED) is 0.797. The number of hydrogen-bond donors (Lipinski definition) is 2. The smallest absolute Gasteiger partial charge is 0.320 e. The van der Waals surface area contributed by atoms with Gasteiger partial charge < -0.3 is 15.6 Å². The highest BCUT2D eigenvalue weighted by Crippen LogP contribution is 2.44. The molecule has 0 fully saturated rings. The van der Waals surface area contributed by atoms with E-state index >= 15 is 0 Å². The number of hydrogen-bond acceptors (Lipinski definition) is 4. The Morgan fingerprint density at radius 2 is 1.58 bits per heavy atom. The average Bonchev–Trinajstić information content (AvgIpc) is 2.92. The molecule has 0 bridgehead atoms. The molecule has 5 heteroatoms. The number of rotatable bonds is 6. The summed E-state index contributed by atoms with van der Waals surface area (Å²) in [6, 6.07) is 15.2. The molecule has 124 valence electrons. The molecule has 1 aliphatic rings. The van der Waals surface area contributed by atoms with E-state index in [1.807, 2.05) is 36.4 Å². The van der Waals surface area contributed by atoms with Crippen molar-refractivity contribution in [3.05, 3.63) is 59.7 Å². The lowest BCUT2D eigenvalue weighted by Crippen LogP contribution is -2.30. The number of carboxylic acid groups (broad SMARTS) is 1. The van der Waals surface area contributed by atoms with Crippen LogP contribution < -0.4 is 5.73 Å². The molecule has 0 saturated carbocycles. The predicted octanol–water partition coefficient (Wildman–Crippen LogP) is 2.53. The summed E-state index contributed by atoms with van der Waals surface area (Å²) in [5.41, 5.74) is 10.0. The topological polar surface area (TPSA) is 89.6 Å². The first-order valence-electron chi connectivity index (χ1n) is 7.90. The number of carboxylic acids is 1. The van der Waals surface area contributed by atoms with Crippen LogP contribution in [0.5, 0.6) is 0 Å². The van der Waals surface area contributed by atoms with Crippen molar-refractivity contribution in [3.63, 3.8) is 0 Å². The summed E-state index contributed by atoms with van der Waals surface area (Å²) >= 11 is 0. The lowest BCUT2D eigenvalue weighted by molar-refractivity contribution is -0.144. The first-order chi connectivity index (χ1) is 11.6. The van der Waals surface area contributed by atoms with Crippen molar-refractivity contribution >= 4 is 11.9 Å². The third-order valence-electron chi connectivity index (χ3n) is 4.35. The molecule has 0 saturated heterocycles. The lowest BCUT2D eigenvalue weighted by atomic mass is 9.98. The molecule has 0 heterocycles. The molecule has 0 aromatic heterocycles. The van der Waals surface area contributed by atoms with Crippen LogP contribution in [0.15, 0.2) is 48.5 Å². The zero-order valence-electron chi connectivity index (χ0n) is 13.1. The van der Waals surface area contributed by atoms with Crippen LogP contribution in [-0.4, -0.2) is 29.7 Å². The van der Waals surface area contributed by atoms with Gasteiger partial charge in [0, 0.05) is 12.3 Å². The molecule has 3 N–H and O–H groups in total. The average molecular weight is 325 g/mol. The van der Waals surface area contributed by atoms with Gasteiger partial charge in [0.1, 0.15) is 12.6 Å². The Hall–Kier alpha value is -2.66. The van der Waals surface area contributed by atoms with Crippen molar-refractivity contribution in [1.29, 1.82) is 0 Å². The molecule has 0 radical (unpaired) electrons. The fourth-order valence-corrected chi connectivity index (χ4v) is 3.08. The van der Waals surface area contributed by atoms with Gasteiger partial charge in [0.2, 0.25) is 0 Å². The minimum atomic E-state index is -1.11. The number of carbonyl (C=O) groups excluding carboxylic acids is 1. The Bertz CT molecular complexity index is 726. The van der Waals surface area contributed by atoms with Crippen LogP contribution in [0.25, 0.3) is 11.1 Å². The SMILES string of the molecule is N[C@@H](CCC(=O)OCC1c2ccccc2-c2ccccc21)C(=O)O. The molecule has 0 spiro atoms. The van der Waals surface area contributed by atoms with Crippen molar-refractivity contribution in [2.45, 2.75) is 24.8 Å². The molecule has 3 rings (SSSR count). The van der Waals surface area contributed by atoms with Crippen molar-refractivity contribution in [2.75, 3.05) is 6.61 Å². The van der Waals surface area contributed by atoms with Crippen LogP contribution in [0.1, 0.15) is 29.9 Å². The van der Waals surface area contributed by atoms with Crippen LogP contribution in [0.2, 0.25) is 0 Å². The molecule has 1 atom stereocenters. The summed E-state index contributed by atoms with van der Waals surface area (Å²) in [4.78, 5) is 22.6. The summed E-state index contributed by atoms with van der Waals surface area (Å²) in [7, 11) is 0. The second-order valence-electron chi connectivity index (χ2n) is 5.89. The fourth-order valence-electron chi connectivity index (χ4n) is 3.08. The summed E-state index contributed by atoms with van der Waals surface area (Å²) < 4.78 is 5.38. The zero-order valence-corrected chi connectivity index (χ0v) is 13.1. The van der Waals surface area contributed by atoms with E-state index in [2.05, 4.69) is 12.1 Å². The van der Waals surface area contributed by atoms with E-state index in [9.17, 15) is 9.59 Å². The molecular weight excluding hydrogens is 306 g/mol. The highest BCUT2D eigenvalue weighted by Gasteiger charge is 2.29. The van der Waals surface area contributed by atoms with Crippen molar-refractivity contribution < 1.29 is 19.4 Å². The second kappa shape index (κ2) is 6.84. The Morgan fingerprint density at radius 1 is 1.04 bits per heavy atom. The second-order valence-corrected chi connectivity index (χ2v) is 5.89. The van der Waals surface area contributed by atoms with E-state index in [1.54, 1.807) is 0 Å². The van der Waals surface area contributed by atoms with Gasteiger partial charge in [0.15, 0.2) is 0 Å². The third-order valence-corrected chi connectivity index (χ3v) is 4.35. The number of carbonyl (C=O) groups is 2. The summed E-state index contributed by atoms with van der Waals surface area (Å²) in [6.07, 6.45) is 0.0789.